The smallest absolute Gasteiger partial charge is 0.229 e. The summed E-state index contributed by atoms with van der Waals surface area (Å²) in [6.45, 7) is 4.00. The molecule has 0 fully saturated rings. The third-order valence-corrected chi connectivity index (χ3v) is 2.84. The molecule has 20 heavy (non-hydrogen) atoms. The fourth-order valence-electron chi connectivity index (χ4n) is 1.72. The van der Waals surface area contributed by atoms with Gasteiger partial charge in [0.15, 0.2) is 17.5 Å². The zero-order valence-corrected chi connectivity index (χ0v) is 11.2. The number of amides is 1. The number of benzene rings is 1. The van der Waals surface area contributed by atoms with Crippen LogP contribution in [-0.2, 0) is 11.2 Å². The van der Waals surface area contributed by atoms with E-state index in [0.29, 0.717) is 11.4 Å². The van der Waals surface area contributed by atoms with Gasteiger partial charge in [0.25, 0.3) is 0 Å². The molecule has 0 radical (unpaired) electrons. The second kappa shape index (κ2) is 5.81. The van der Waals surface area contributed by atoms with Gasteiger partial charge in [-0.05, 0) is 23.6 Å². The van der Waals surface area contributed by atoms with Crippen LogP contribution in [0.2, 0.25) is 0 Å². The Morgan fingerprint density at radius 1 is 1.30 bits per heavy atom. The summed E-state index contributed by atoms with van der Waals surface area (Å²) in [5, 5.41) is 9.38. The summed E-state index contributed by atoms with van der Waals surface area (Å²) >= 11 is 0. The van der Waals surface area contributed by atoms with E-state index in [2.05, 4.69) is 15.5 Å². The van der Waals surface area contributed by atoms with E-state index in [9.17, 15) is 13.6 Å². The van der Waals surface area contributed by atoms with Gasteiger partial charge in [-0.2, -0.15) is 5.10 Å². The van der Waals surface area contributed by atoms with E-state index in [1.165, 1.54) is 6.07 Å². The highest BCUT2D eigenvalue weighted by molar-refractivity contribution is 5.91. The quantitative estimate of drug-likeness (QED) is 0.904. The number of aromatic nitrogens is 2. The fourth-order valence-corrected chi connectivity index (χ4v) is 1.72. The van der Waals surface area contributed by atoms with Gasteiger partial charge in [-0.1, -0.05) is 19.9 Å². The maximum absolute atomic E-state index is 13.0. The Balaban J connectivity index is 1.99. The Labute approximate surface area is 115 Å². The van der Waals surface area contributed by atoms with Crippen molar-refractivity contribution in [2.75, 3.05) is 5.32 Å². The number of hydrogen-bond acceptors (Lipinski definition) is 2. The standard InChI is InChI=1S/C14H15F2N3O/c1-8(2)12-7-13(19-18-12)17-14(20)6-9-3-4-10(15)11(16)5-9/h3-5,7-8H,6H2,1-2H3,(H2,17,18,19,20). The number of halogens is 2. The van der Waals surface area contributed by atoms with Crippen LogP contribution in [0.25, 0.3) is 0 Å². The molecule has 1 heterocycles. The predicted molar refractivity (Wildman–Crippen MR) is 71.4 cm³/mol. The molecule has 4 nitrogen and oxygen atoms in total. The predicted octanol–water partition coefficient (Wildman–Crippen LogP) is 2.99. The van der Waals surface area contributed by atoms with Crippen molar-refractivity contribution in [3.8, 4) is 0 Å². The number of hydrogen-bond donors (Lipinski definition) is 2. The average molecular weight is 279 g/mol. The van der Waals surface area contributed by atoms with E-state index in [-0.39, 0.29) is 18.2 Å². The van der Waals surface area contributed by atoms with Gasteiger partial charge in [-0.15, -0.1) is 0 Å². The molecule has 0 unspecified atom stereocenters. The number of rotatable bonds is 4. The fraction of sp³-hybridized carbons (Fsp3) is 0.286. The van der Waals surface area contributed by atoms with Gasteiger partial charge in [-0.3, -0.25) is 9.89 Å². The van der Waals surface area contributed by atoms with Crippen molar-refractivity contribution < 1.29 is 13.6 Å². The van der Waals surface area contributed by atoms with Crippen LogP contribution in [0.5, 0.6) is 0 Å². The zero-order chi connectivity index (χ0) is 14.7. The maximum Gasteiger partial charge on any atom is 0.229 e. The number of carbonyl (C=O) groups excluding carboxylic acids is 1. The first-order valence-electron chi connectivity index (χ1n) is 6.25. The summed E-state index contributed by atoms with van der Waals surface area (Å²) in [6, 6.07) is 5.14. The van der Waals surface area contributed by atoms with E-state index >= 15 is 0 Å². The van der Waals surface area contributed by atoms with Gasteiger partial charge < -0.3 is 5.32 Å². The minimum absolute atomic E-state index is 0.0406. The first kappa shape index (κ1) is 14.2. The molecule has 2 rings (SSSR count). The lowest BCUT2D eigenvalue weighted by molar-refractivity contribution is -0.115. The lowest BCUT2D eigenvalue weighted by Crippen LogP contribution is -2.14. The van der Waals surface area contributed by atoms with Crippen LogP contribution in [-0.4, -0.2) is 16.1 Å². The topological polar surface area (TPSA) is 57.8 Å². The van der Waals surface area contributed by atoms with Crippen molar-refractivity contribution in [1.29, 1.82) is 0 Å². The molecule has 106 valence electrons. The summed E-state index contributed by atoms with van der Waals surface area (Å²) in [7, 11) is 0. The van der Waals surface area contributed by atoms with E-state index in [0.717, 1.165) is 17.8 Å². The minimum atomic E-state index is -0.961. The number of nitrogens with zero attached hydrogens (tertiary/aromatic N) is 1. The van der Waals surface area contributed by atoms with Crippen molar-refractivity contribution in [3.05, 3.63) is 47.2 Å². The average Bonchev–Trinajstić information content (AvgIpc) is 2.82. The van der Waals surface area contributed by atoms with Crippen LogP contribution >= 0.6 is 0 Å². The Morgan fingerprint density at radius 2 is 2.05 bits per heavy atom. The molecule has 0 saturated carbocycles. The van der Waals surface area contributed by atoms with E-state index in [1.54, 1.807) is 6.07 Å². The number of aromatic amines is 1. The van der Waals surface area contributed by atoms with Crippen LogP contribution in [0, 0.1) is 11.6 Å². The highest BCUT2D eigenvalue weighted by Gasteiger charge is 2.10. The summed E-state index contributed by atoms with van der Waals surface area (Å²) in [6.07, 6.45) is -0.0406. The molecule has 0 atom stereocenters. The van der Waals surface area contributed by atoms with E-state index in [4.69, 9.17) is 0 Å². The van der Waals surface area contributed by atoms with Gasteiger partial charge in [0.05, 0.1) is 6.42 Å². The molecule has 1 aromatic heterocycles. The van der Waals surface area contributed by atoms with Crippen molar-refractivity contribution in [3.63, 3.8) is 0 Å². The molecular formula is C14H15F2N3O. The highest BCUT2D eigenvalue weighted by Crippen LogP contribution is 2.15. The van der Waals surface area contributed by atoms with Crippen molar-refractivity contribution >= 4 is 11.7 Å². The second-order valence-corrected chi connectivity index (χ2v) is 4.84. The first-order valence-corrected chi connectivity index (χ1v) is 6.25. The Morgan fingerprint density at radius 3 is 2.65 bits per heavy atom. The van der Waals surface area contributed by atoms with Gasteiger partial charge >= 0.3 is 0 Å². The molecule has 6 heteroatoms. The largest absolute Gasteiger partial charge is 0.309 e. The summed E-state index contributed by atoms with van der Waals surface area (Å²) in [5.41, 5.74) is 1.31. The molecule has 1 aromatic carbocycles. The number of carbonyl (C=O) groups is 1. The monoisotopic (exact) mass is 279 g/mol. The molecule has 0 aliphatic rings. The molecule has 0 saturated heterocycles. The zero-order valence-electron chi connectivity index (χ0n) is 11.2. The first-order chi connectivity index (χ1) is 9.45. The van der Waals surface area contributed by atoms with E-state index in [1.807, 2.05) is 13.8 Å². The number of nitrogens with one attached hydrogen (secondary N) is 2. The van der Waals surface area contributed by atoms with Gasteiger partial charge in [0.1, 0.15) is 0 Å². The second-order valence-electron chi connectivity index (χ2n) is 4.84. The number of anilines is 1. The van der Waals surface area contributed by atoms with Crippen molar-refractivity contribution in [1.82, 2.24) is 10.2 Å². The Bertz CT molecular complexity index is 623. The summed E-state index contributed by atoms with van der Waals surface area (Å²) in [5.74, 6) is -1.53. The third-order valence-electron chi connectivity index (χ3n) is 2.84. The summed E-state index contributed by atoms with van der Waals surface area (Å²) < 4.78 is 25.8. The summed E-state index contributed by atoms with van der Waals surface area (Å²) in [4.78, 5) is 11.8. The molecule has 2 N–H and O–H groups in total. The third kappa shape index (κ3) is 3.40. The van der Waals surface area contributed by atoms with Crippen molar-refractivity contribution in [2.45, 2.75) is 26.2 Å². The van der Waals surface area contributed by atoms with Gasteiger partial charge in [-0.25, -0.2) is 8.78 Å². The highest BCUT2D eigenvalue weighted by atomic mass is 19.2. The van der Waals surface area contributed by atoms with Crippen LogP contribution in [0.1, 0.15) is 31.0 Å². The maximum atomic E-state index is 13.0. The number of H-pyrrole nitrogens is 1. The molecule has 0 spiro atoms. The molecule has 0 bridgehead atoms. The van der Waals surface area contributed by atoms with Crippen LogP contribution < -0.4 is 5.32 Å². The SMILES string of the molecule is CC(C)c1cc(NC(=O)Cc2ccc(F)c(F)c2)n[nH]1. The Hall–Kier alpha value is -2.24. The lowest BCUT2D eigenvalue weighted by atomic mass is 10.1. The van der Waals surface area contributed by atoms with Crippen molar-refractivity contribution in [2.24, 2.45) is 0 Å². The molecular weight excluding hydrogens is 264 g/mol. The normalized spacial score (nSPS) is 10.8. The van der Waals surface area contributed by atoms with E-state index < -0.39 is 11.6 Å². The molecule has 0 aliphatic carbocycles. The lowest BCUT2D eigenvalue weighted by Gasteiger charge is -2.03. The molecule has 2 aromatic rings. The van der Waals surface area contributed by atoms with Crippen LogP contribution in [0.3, 0.4) is 0 Å². The van der Waals surface area contributed by atoms with Crippen LogP contribution in [0.4, 0.5) is 14.6 Å². The van der Waals surface area contributed by atoms with Gasteiger partial charge in [0.2, 0.25) is 5.91 Å². The van der Waals surface area contributed by atoms with Gasteiger partial charge in [0, 0.05) is 11.8 Å². The van der Waals surface area contributed by atoms with Crippen LogP contribution in [0.15, 0.2) is 24.3 Å². The Kier molecular flexibility index (Phi) is 4.12. The molecule has 0 aliphatic heterocycles. The molecule has 1 amide bonds. The minimum Gasteiger partial charge on any atom is -0.309 e.